The summed E-state index contributed by atoms with van der Waals surface area (Å²) in [4.78, 5) is 10.6. The average Bonchev–Trinajstić information content (AvgIpc) is 2.35. The van der Waals surface area contributed by atoms with Gasteiger partial charge in [-0.1, -0.05) is 22.0 Å². The number of benzene rings is 1. The number of ether oxygens (including phenoxy) is 1. The van der Waals surface area contributed by atoms with Crippen molar-refractivity contribution in [1.82, 2.24) is 5.32 Å². The van der Waals surface area contributed by atoms with Crippen LogP contribution in [0.3, 0.4) is 0 Å². The lowest BCUT2D eigenvalue weighted by atomic mass is 10.0. The van der Waals surface area contributed by atoms with Gasteiger partial charge in [0.2, 0.25) is 0 Å². The summed E-state index contributed by atoms with van der Waals surface area (Å²) in [7, 11) is 3.51. The fourth-order valence-corrected chi connectivity index (χ4v) is 2.11. The molecule has 0 amide bonds. The third-order valence-corrected chi connectivity index (χ3v) is 3.28. The van der Waals surface area contributed by atoms with E-state index in [2.05, 4.69) is 21.2 Å². The van der Waals surface area contributed by atoms with Gasteiger partial charge in [-0.2, -0.15) is 0 Å². The Bertz CT molecular complexity index is 412. The molecule has 0 bridgehead atoms. The van der Waals surface area contributed by atoms with Crippen LogP contribution in [0.15, 0.2) is 22.7 Å². The number of halogens is 1. The zero-order chi connectivity index (χ0) is 13.5. The van der Waals surface area contributed by atoms with Gasteiger partial charge in [-0.3, -0.25) is 10.1 Å². The summed E-state index contributed by atoms with van der Waals surface area (Å²) >= 11 is 3.25. The van der Waals surface area contributed by atoms with Crippen LogP contribution in [-0.4, -0.2) is 31.7 Å². The van der Waals surface area contributed by atoms with Crippen molar-refractivity contribution in [2.24, 2.45) is 0 Å². The van der Waals surface area contributed by atoms with E-state index in [-0.39, 0.29) is 16.7 Å². The van der Waals surface area contributed by atoms with Crippen LogP contribution in [-0.2, 0) is 11.2 Å². The Kier molecular flexibility index (Phi) is 6.24. The molecule has 0 radical (unpaired) electrons. The predicted octanol–water partition coefficient (Wildman–Crippen LogP) is 2.52. The van der Waals surface area contributed by atoms with Crippen molar-refractivity contribution in [3.63, 3.8) is 0 Å². The van der Waals surface area contributed by atoms with Crippen molar-refractivity contribution >= 4 is 21.6 Å². The van der Waals surface area contributed by atoms with E-state index in [1.54, 1.807) is 19.2 Å². The van der Waals surface area contributed by atoms with Crippen molar-refractivity contribution in [2.75, 3.05) is 20.8 Å². The second kappa shape index (κ2) is 7.45. The fraction of sp³-hybridized carbons (Fsp3) is 0.500. The molecule has 0 aliphatic rings. The van der Waals surface area contributed by atoms with E-state index in [4.69, 9.17) is 4.74 Å². The molecule has 0 spiro atoms. The number of nitrogens with one attached hydrogen (secondary N) is 1. The summed E-state index contributed by atoms with van der Waals surface area (Å²) in [5.74, 6) is 0. The summed E-state index contributed by atoms with van der Waals surface area (Å²) in [6.07, 6.45) is 1.45. The molecular formula is C12H17BrN2O3. The molecule has 0 saturated carbocycles. The zero-order valence-corrected chi connectivity index (χ0v) is 12.1. The number of hydrogen-bond acceptors (Lipinski definition) is 4. The van der Waals surface area contributed by atoms with Gasteiger partial charge in [0, 0.05) is 29.3 Å². The van der Waals surface area contributed by atoms with E-state index in [0.29, 0.717) is 13.0 Å². The normalized spacial score (nSPS) is 12.4. The summed E-state index contributed by atoms with van der Waals surface area (Å²) in [5.41, 5.74) is 0.913. The van der Waals surface area contributed by atoms with Crippen LogP contribution in [0.5, 0.6) is 0 Å². The Labute approximate surface area is 115 Å². The monoisotopic (exact) mass is 316 g/mol. The highest BCUT2D eigenvalue weighted by Crippen LogP contribution is 2.24. The first kappa shape index (κ1) is 15.1. The lowest BCUT2D eigenvalue weighted by Crippen LogP contribution is -2.30. The molecule has 1 atom stereocenters. The SMILES string of the molecule is CNC(CCc1ccc(Br)cc1[N+](=O)[O-])COC. The fourth-order valence-electron chi connectivity index (χ4n) is 1.76. The molecular weight excluding hydrogens is 300 g/mol. The van der Waals surface area contributed by atoms with E-state index < -0.39 is 0 Å². The standard InChI is InChI=1S/C12H17BrN2O3/c1-14-11(8-18-2)6-4-9-3-5-10(13)7-12(9)15(16)17/h3,5,7,11,14H,4,6,8H2,1-2H3. The molecule has 0 aliphatic carbocycles. The molecule has 18 heavy (non-hydrogen) atoms. The van der Waals surface area contributed by atoms with Crippen LogP contribution in [0.2, 0.25) is 0 Å². The number of nitrogens with zero attached hydrogens (tertiary/aromatic N) is 1. The molecule has 0 aliphatic heterocycles. The summed E-state index contributed by atoms with van der Waals surface area (Å²) in [5, 5.41) is 14.1. The smallest absolute Gasteiger partial charge is 0.273 e. The third-order valence-electron chi connectivity index (χ3n) is 2.78. The molecule has 0 saturated heterocycles. The van der Waals surface area contributed by atoms with E-state index in [1.807, 2.05) is 13.1 Å². The topological polar surface area (TPSA) is 64.4 Å². The van der Waals surface area contributed by atoms with Crippen molar-refractivity contribution in [3.05, 3.63) is 38.3 Å². The first-order valence-electron chi connectivity index (χ1n) is 5.67. The molecule has 1 aromatic carbocycles. The van der Waals surface area contributed by atoms with Gasteiger partial charge in [0.25, 0.3) is 5.69 Å². The van der Waals surface area contributed by atoms with E-state index in [0.717, 1.165) is 16.5 Å². The predicted molar refractivity (Wildman–Crippen MR) is 73.8 cm³/mol. The summed E-state index contributed by atoms with van der Waals surface area (Å²) in [6, 6.07) is 5.37. The van der Waals surface area contributed by atoms with Gasteiger partial charge in [0.1, 0.15) is 0 Å². The highest BCUT2D eigenvalue weighted by molar-refractivity contribution is 9.10. The van der Waals surface area contributed by atoms with Crippen molar-refractivity contribution < 1.29 is 9.66 Å². The molecule has 100 valence electrons. The number of nitro benzene ring substituents is 1. The maximum absolute atomic E-state index is 11.0. The minimum Gasteiger partial charge on any atom is -0.383 e. The molecule has 0 heterocycles. The Morgan fingerprint density at radius 2 is 2.28 bits per heavy atom. The van der Waals surface area contributed by atoms with E-state index >= 15 is 0 Å². The van der Waals surface area contributed by atoms with Gasteiger partial charge in [-0.05, 0) is 26.0 Å². The van der Waals surface area contributed by atoms with Gasteiger partial charge in [-0.25, -0.2) is 0 Å². The Morgan fingerprint density at radius 3 is 2.83 bits per heavy atom. The zero-order valence-electron chi connectivity index (χ0n) is 10.5. The Hall–Kier alpha value is -0.980. The number of nitro groups is 1. The minimum atomic E-state index is -0.342. The number of likely N-dealkylation sites (N-methyl/N-ethyl adjacent to an activating group) is 1. The average molecular weight is 317 g/mol. The van der Waals surface area contributed by atoms with Gasteiger partial charge >= 0.3 is 0 Å². The number of rotatable bonds is 7. The van der Waals surface area contributed by atoms with Gasteiger partial charge in [0.05, 0.1) is 11.5 Å². The number of hydrogen-bond donors (Lipinski definition) is 1. The van der Waals surface area contributed by atoms with Crippen molar-refractivity contribution in [2.45, 2.75) is 18.9 Å². The Balaban J connectivity index is 2.74. The van der Waals surface area contributed by atoms with Crippen molar-refractivity contribution in [3.8, 4) is 0 Å². The molecule has 5 nitrogen and oxygen atoms in total. The number of aryl methyl sites for hydroxylation is 1. The van der Waals surface area contributed by atoms with Gasteiger partial charge in [0.15, 0.2) is 0 Å². The van der Waals surface area contributed by atoms with Crippen LogP contribution in [0.1, 0.15) is 12.0 Å². The largest absolute Gasteiger partial charge is 0.383 e. The second-order valence-electron chi connectivity index (χ2n) is 4.01. The maximum atomic E-state index is 11.0. The quantitative estimate of drug-likeness (QED) is 0.620. The molecule has 6 heteroatoms. The van der Waals surface area contributed by atoms with E-state index in [9.17, 15) is 10.1 Å². The molecule has 1 N–H and O–H groups in total. The maximum Gasteiger partial charge on any atom is 0.273 e. The van der Waals surface area contributed by atoms with Crippen molar-refractivity contribution in [1.29, 1.82) is 0 Å². The second-order valence-corrected chi connectivity index (χ2v) is 4.93. The summed E-state index contributed by atoms with van der Waals surface area (Å²) in [6.45, 7) is 0.598. The van der Waals surface area contributed by atoms with Gasteiger partial charge < -0.3 is 10.1 Å². The molecule has 1 rings (SSSR count). The van der Waals surface area contributed by atoms with Crippen LogP contribution < -0.4 is 5.32 Å². The minimum absolute atomic E-state index is 0.164. The third kappa shape index (κ3) is 4.36. The lowest BCUT2D eigenvalue weighted by Gasteiger charge is -2.14. The van der Waals surface area contributed by atoms with Gasteiger partial charge in [-0.15, -0.1) is 0 Å². The van der Waals surface area contributed by atoms with Crippen LogP contribution in [0.4, 0.5) is 5.69 Å². The molecule has 0 aromatic heterocycles. The summed E-state index contributed by atoms with van der Waals surface area (Å²) < 4.78 is 5.80. The van der Waals surface area contributed by atoms with Crippen LogP contribution in [0.25, 0.3) is 0 Å². The highest BCUT2D eigenvalue weighted by atomic mass is 79.9. The first-order valence-corrected chi connectivity index (χ1v) is 6.46. The highest BCUT2D eigenvalue weighted by Gasteiger charge is 2.15. The van der Waals surface area contributed by atoms with Crippen LogP contribution in [0, 0.1) is 10.1 Å². The molecule has 0 fully saturated rings. The number of methoxy groups -OCH3 is 1. The van der Waals surface area contributed by atoms with Crippen LogP contribution >= 0.6 is 15.9 Å². The molecule has 1 unspecified atom stereocenters. The lowest BCUT2D eigenvalue weighted by molar-refractivity contribution is -0.385. The molecule has 1 aromatic rings. The Morgan fingerprint density at radius 1 is 1.56 bits per heavy atom. The first-order chi connectivity index (χ1) is 8.58. The van der Waals surface area contributed by atoms with E-state index in [1.165, 1.54) is 0 Å².